The van der Waals surface area contributed by atoms with Crippen LogP contribution in [0.3, 0.4) is 0 Å². The van der Waals surface area contributed by atoms with E-state index in [-0.39, 0.29) is 17.8 Å². The fraction of sp³-hybridized carbons (Fsp3) is 0.294. The van der Waals surface area contributed by atoms with Gasteiger partial charge in [0, 0.05) is 5.69 Å². The van der Waals surface area contributed by atoms with E-state index < -0.39 is 17.8 Å². The lowest BCUT2D eigenvalue weighted by Gasteiger charge is -2.08. The van der Waals surface area contributed by atoms with Crippen molar-refractivity contribution in [2.24, 2.45) is 10.7 Å². The number of ether oxygens (including phenoxy) is 1. The predicted octanol–water partition coefficient (Wildman–Crippen LogP) is 2.39. The number of nitrogens with one attached hydrogen (secondary N) is 1. The minimum Gasteiger partial charge on any atom is -0.463 e. The van der Waals surface area contributed by atoms with Gasteiger partial charge in [-0.05, 0) is 30.5 Å². The van der Waals surface area contributed by atoms with Crippen LogP contribution in [0, 0.1) is 0 Å². The highest BCUT2D eigenvalue weighted by atomic mass is 19.4. The number of aryl methyl sites for hydroxylation is 1. The minimum absolute atomic E-state index is 0.0441. The van der Waals surface area contributed by atoms with Crippen LogP contribution in [0.4, 0.5) is 18.9 Å². The van der Waals surface area contributed by atoms with E-state index in [2.05, 4.69) is 20.3 Å². The van der Waals surface area contributed by atoms with E-state index >= 15 is 0 Å². The van der Waals surface area contributed by atoms with Gasteiger partial charge < -0.3 is 15.8 Å². The Morgan fingerprint density at radius 2 is 1.96 bits per heavy atom. The van der Waals surface area contributed by atoms with Crippen molar-refractivity contribution >= 4 is 17.6 Å². The Morgan fingerprint density at radius 1 is 1.22 bits per heavy atom. The van der Waals surface area contributed by atoms with Crippen molar-refractivity contribution in [3.8, 4) is 0 Å². The van der Waals surface area contributed by atoms with E-state index in [0.717, 1.165) is 24.6 Å². The molecule has 27 heavy (non-hydrogen) atoms. The molecule has 1 aromatic carbocycles. The summed E-state index contributed by atoms with van der Waals surface area (Å²) in [5, 5.41) is 2.57. The van der Waals surface area contributed by atoms with Gasteiger partial charge in [-0.25, -0.2) is 15.0 Å². The number of amides is 1. The summed E-state index contributed by atoms with van der Waals surface area (Å²) in [5.74, 6) is -0.642. The zero-order valence-corrected chi connectivity index (χ0v) is 14.0. The molecule has 142 valence electrons. The van der Waals surface area contributed by atoms with Gasteiger partial charge in [0.1, 0.15) is 12.3 Å². The molecule has 7 nitrogen and oxygen atoms in total. The molecule has 0 fully saturated rings. The Hall–Kier alpha value is -3.17. The molecule has 0 aliphatic carbocycles. The highest BCUT2D eigenvalue weighted by Gasteiger charge is 2.33. The average molecular weight is 379 g/mol. The number of rotatable bonds is 5. The van der Waals surface area contributed by atoms with Crippen LogP contribution in [0.25, 0.3) is 0 Å². The van der Waals surface area contributed by atoms with Crippen LogP contribution in [0.5, 0.6) is 0 Å². The van der Waals surface area contributed by atoms with Gasteiger partial charge in [0.05, 0.1) is 18.4 Å². The number of halogens is 3. The lowest BCUT2D eigenvalue weighted by Crippen LogP contribution is -2.16. The molecule has 1 aliphatic rings. The second-order valence-corrected chi connectivity index (χ2v) is 5.91. The maximum Gasteiger partial charge on any atom is 0.434 e. The minimum atomic E-state index is -4.60. The molecule has 0 radical (unpaired) electrons. The van der Waals surface area contributed by atoms with Gasteiger partial charge in [-0.15, -0.1) is 0 Å². The Kier molecular flexibility index (Phi) is 5.24. The Labute approximate surface area is 152 Å². The fourth-order valence-electron chi connectivity index (χ4n) is 2.46. The van der Waals surface area contributed by atoms with Crippen molar-refractivity contribution < 1.29 is 22.7 Å². The van der Waals surface area contributed by atoms with E-state index in [0.29, 0.717) is 18.5 Å². The quantitative estimate of drug-likeness (QED) is 0.830. The van der Waals surface area contributed by atoms with Crippen LogP contribution < -0.4 is 11.1 Å². The Bertz CT molecular complexity index is 835. The number of hydrogen-bond acceptors (Lipinski definition) is 6. The number of anilines is 1. The summed E-state index contributed by atoms with van der Waals surface area (Å²) in [6.45, 7) is 0.480. The van der Waals surface area contributed by atoms with E-state index in [1.54, 1.807) is 12.1 Å². The summed E-state index contributed by atoms with van der Waals surface area (Å²) in [7, 11) is 0. The van der Waals surface area contributed by atoms with Crippen LogP contribution in [-0.2, 0) is 17.3 Å². The largest absolute Gasteiger partial charge is 0.463 e. The number of amidine groups is 1. The molecular weight excluding hydrogens is 363 g/mol. The molecule has 0 saturated heterocycles. The van der Waals surface area contributed by atoms with E-state index in [9.17, 15) is 18.0 Å². The number of aliphatic imine (C=N–C) groups is 1. The molecule has 0 saturated carbocycles. The molecule has 2 heterocycles. The smallest absolute Gasteiger partial charge is 0.434 e. The number of carbonyl (C=O) groups excluding carboxylic acids is 1. The second kappa shape index (κ2) is 7.60. The molecule has 10 heteroatoms. The zero-order valence-electron chi connectivity index (χ0n) is 14.0. The first-order valence-electron chi connectivity index (χ1n) is 8.07. The maximum atomic E-state index is 12.5. The third kappa shape index (κ3) is 4.93. The molecule has 0 spiro atoms. The molecule has 1 aromatic heterocycles. The lowest BCUT2D eigenvalue weighted by atomic mass is 10.1. The van der Waals surface area contributed by atoms with E-state index in [1.165, 1.54) is 0 Å². The topological polar surface area (TPSA) is 102 Å². The number of nitrogens with two attached hydrogens (primary N) is 1. The molecule has 1 aliphatic heterocycles. The monoisotopic (exact) mass is 379 g/mol. The molecule has 3 N–H and O–H groups in total. The van der Waals surface area contributed by atoms with Gasteiger partial charge in [0.25, 0.3) is 11.9 Å². The van der Waals surface area contributed by atoms with Gasteiger partial charge >= 0.3 is 6.18 Å². The third-order valence-electron chi connectivity index (χ3n) is 3.89. The van der Waals surface area contributed by atoms with Crippen molar-refractivity contribution in [1.82, 2.24) is 9.97 Å². The van der Waals surface area contributed by atoms with E-state index in [1.807, 2.05) is 12.1 Å². The Morgan fingerprint density at radius 3 is 2.52 bits per heavy atom. The van der Waals surface area contributed by atoms with Crippen LogP contribution in [0.15, 0.2) is 41.7 Å². The number of benzene rings is 1. The van der Waals surface area contributed by atoms with Crippen molar-refractivity contribution in [3.05, 3.63) is 53.6 Å². The van der Waals surface area contributed by atoms with Gasteiger partial charge in [0.2, 0.25) is 0 Å². The zero-order chi connectivity index (χ0) is 19.4. The van der Waals surface area contributed by atoms with E-state index in [4.69, 9.17) is 10.5 Å². The van der Waals surface area contributed by atoms with Crippen molar-refractivity contribution in [1.29, 1.82) is 0 Å². The summed E-state index contributed by atoms with van der Waals surface area (Å²) < 4.78 is 42.5. The number of nitrogens with zero attached hydrogens (tertiary/aromatic N) is 3. The van der Waals surface area contributed by atoms with Gasteiger partial charge in [-0.1, -0.05) is 12.1 Å². The summed E-state index contributed by atoms with van der Waals surface area (Å²) in [6.07, 6.45) is -1.72. The summed E-state index contributed by atoms with van der Waals surface area (Å²) >= 11 is 0. The van der Waals surface area contributed by atoms with Crippen molar-refractivity contribution in [2.75, 3.05) is 11.9 Å². The second-order valence-electron chi connectivity index (χ2n) is 5.91. The van der Waals surface area contributed by atoms with Crippen LogP contribution in [-0.4, -0.2) is 34.5 Å². The molecule has 0 bridgehead atoms. The number of hydrogen-bond donors (Lipinski definition) is 2. The number of aromatic nitrogens is 2. The molecule has 1 amide bonds. The summed E-state index contributed by atoms with van der Waals surface area (Å²) in [4.78, 5) is 22.9. The van der Waals surface area contributed by atoms with Gasteiger partial charge in [-0.2, -0.15) is 13.2 Å². The maximum absolute atomic E-state index is 12.5. The molecule has 1 atom stereocenters. The van der Waals surface area contributed by atoms with Gasteiger partial charge in [-0.3, -0.25) is 4.79 Å². The SMILES string of the molecule is NC1=N[C@@H](CCc2ccc(NC(=O)c3cnc(C(F)(F)F)cn3)cc2)CO1. The number of alkyl halides is 3. The standard InChI is InChI=1S/C17H16F3N5O2/c18-17(19,20)14-8-22-13(7-23-14)15(26)24-11-4-1-10(2-5-11)3-6-12-9-27-16(21)25-12/h1-2,4-5,7-8,12H,3,6,9H2,(H2,21,25)(H,24,26)/t12-/m0/s1. The third-order valence-corrected chi connectivity index (χ3v) is 3.89. The average Bonchev–Trinajstić information content (AvgIpc) is 3.06. The fourth-order valence-corrected chi connectivity index (χ4v) is 2.46. The molecule has 3 rings (SSSR count). The number of carbonyl (C=O) groups is 1. The molecular formula is C17H16F3N5O2. The first kappa shape index (κ1) is 18.6. The first-order chi connectivity index (χ1) is 12.8. The van der Waals surface area contributed by atoms with Crippen LogP contribution in [0.2, 0.25) is 0 Å². The van der Waals surface area contributed by atoms with Crippen LogP contribution in [0.1, 0.15) is 28.2 Å². The highest BCUT2D eigenvalue weighted by molar-refractivity contribution is 6.02. The first-order valence-corrected chi connectivity index (χ1v) is 8.07. The van der Waals surface area contributed by atoms with Crippen molar-refractivity contribution in [2.45, 2.75) is 25.1 Å². The highest BCUT2D eigenvalue weighted by Crippen LogP contribution is 2.26. The molecule has 2 aromatic rings. The van der Waals surface area contributed by atoms with Crippen molar-refractivity contribution in [3.63, 3.8) is 0 Å². The molecule has 0 unspecified atom stereocenters. The summed E-state index contributed by atoms with van der Waals surface area (Å²) in [6, 6.07) is 7.35. The normalized spacial score (nSPS) is 16.6. The van der Waals surface area contributed by atoms with Crippen LogP contribution >= 0.6 is 0 Å². The van der Waals surface area contributed by atoms with Gasteiger partial charge in [0.15, 0.2) is 5.69 Å². The Balaban J connectivity index is 1.55. The summed E-state index contributed by atoms with van der Waals surface area (Å²) in [5.41, 5.74) is 5.65. The lowest BCUT2D eigenvalue weighted by molar-refractivity contribution is -0.141. The predicted molar refractivity (Wildman–Crippen MR) is 91.1 cm³/mol.